The van der Waals surface area contributed by atoms with Crippen LogP contribution in [0.2, 0.25) is 0 Å². The van der Waals surface area contributed by atoms with Crippen molar-refractivity contribution in [3.05, 3.63) is 72.9 Å². The van der Waals surface area contributed by atoms with Gasteiger partial charge in [0.2, 0.25) is 5.91 Å². The standard InChI is InChI=1S/C36H61NO5S/c1-3-5-7-9-11-12-13-14-15-16-17-18-19-20-21-22-23-24-26-28-30-32-36(39)37-34(33-43(40,41)42)35(38)31-29-27-25-10-8-6-4-2/h5,7-8,10-12,14-15,17-18,29,31,34-35,38H,3-4,6,9,13,16,19-28,30,32-33H2,1-2H3,(H,37,39)(H,40,41,42)/b7-5-,10-8+,12-11-,15-14-,18-17-,31-29+. The molecule has 0 aliphatic heterocycles. The molecule has 0 aromatic rings. The average molecular weight is 620 g/mol. The molecule has 7 heteroatoms. The Balaban J connectivity index is 3.94. The molecule has 246 valence electrons. The Hall–Kier alpha value is -2.22. The van der Waals surface area contributed by atoms with Crippen LogP contribution in [-0.4, -0.2) is 41.9 Å². The molecule has 0 aromatic carbocycles. The quantitative estimate of drug-likeness (QED) is 0.0460. The second kappa shape index (κ2) is 29.8. The number of aliphatic hydroxyl groups is 1. The molecule has 0 fully saturated rings. The van der Waals surface area contributed by atoms with Crippen molar-refractivity contribution in [2.75, 3.05) is 5.75 Å². The Labute approximate surface area is 264 Å². The van der Waals surface area contributed by atoms with Crippen molar-refractivity contribution in [2.24, 2.45) is 0 Å². The summed E-state index contributed by atoms with van der Waals surface area (Å²) in [5, 5.41) is 13.0. The molecular formula is C36H61NO5S. The lowest BCUT2D eigenvalue weighted by Gasteiger charge is -2.21. The fourth-order valence-corrected chi connectivity index (χ4v) is 5.14. The molecule has 2 atom stereocenters. The first kappa shape index (κ1) is 40.8. The first-order valence-corrected chi connectivity index (χ1v) is 18.2. The lowest BCUT2D eigenvalue weighted by atomic mass is 10.1. The topological polar surface area (TPSA) is 104 Å². The first-order chi connectivity index (χ1) is 20.8. The fourth-order valence-electron chi connectivity index (χ4n) is 4.40. The van der Waals surface area contributed by atoms with Crippen molar-refractivity contribution in [1.29, 1.82) is 0 Å². The molecule has 6 nitrogen and oxygen atoms in total. The molecular weight excluding hydrogens is 558 g/mol. The van der Waals surface area contributed by atoms with Crippen molar-refractivity contribution in [3.63, 3.8) is 0 Å². The molecule has 2 unspecified atom stereocenters. The van der Waals surface area contributed by atoms with E-state index in [1.807, 2.05) is 0 Å². The van der Waals surface area contributed by atoms with Gasteiger partial charge in [-0.1, -0.05) is 132 Å². The van der Waals surface area contributed by atoms with Crippen LogP contribution in [-0.2, 0) is 14.9 Å². The van der Waals surface area contributed by atoms with E-state index in [-0.39, 0.29) is 12.3 Å². The van der Waals surface area contributed by atoms with E-state index in [1.165, 1.54) is 31.8 Å². The molecule has 0 aromatic heterocycles. The number of rotatable bonds is 28. The summed E-state index contributed by atoms with van der Waals surface area (Å²) in [6.45, 7) is 4.26. The smallest absolute Gasteiger partial charge is 0.267 e. The van der Waals surface area contributed by atoms with Crippen LogP contribution in [0.3, 0.4) is 0 Å². The molecule has 0 heterocycles. The van der Waals surface area contributed by atoms with Gasteiger partial charge in [0, 0.05) is 6.42 Å². The van der Waals surface area contributed by atoms with Crippen LogP contribution >= 0.6 is 0 Å². The number of carbonyl (C=O) groups is 1. The van der Waals surface area contributed by atoms with E-state index in [0.29, 0.717) is 12.8 Å². The third-order valence-electron chi connectivity index (χ3n) is 6.85. The minimum atomic E-state index is -4.34. The molecule has 0 bridgehead atoms. The van der Waals surface area contributed by atoms with Gasteiger partial charge in [-0.3, -0.25) is 9.35 Å². The number of nitrogens with one attached hydrogen (secondary N) is 1. The van der Waals surface area contributed by atoms with Crippen LogP contribution < -0.4 is 5.32 Å². The Morgan fingerprint density at radius 2 is 1.14 bits per heavy atom. The van der Waals surface area contributed by atoms with E-state index in [0.717, 1.165) is 70.6 Å². The fraction of sp³-hybridized carbons (Fsp3) is 0.639. The molecule has 1 amide bonds. The highest BCUT2D eigenvalue weighted by molar-refractivity contribution is 7.85. The zero-order chi connectivity index (χ0) is 31.9. The normalized spacial score (nSPS) is 14.4. The maximum atomic E-state index is 12.4. The SMILES string of the molecule is CC/C=C\C/C=C\C/C=C\C/C=C\CCCCCCCCCCC(=O)NC(CS(=O)(=O)O)C(O)/C=C/CC/C=C/CCC. The number of hydrogen-bond donors (Lipinski definition) is 3. The Kier molecular flexibility index (Phi) is 28.3. The van der Waals surface area contributed by atoms with E-state index in [2.05, 4.69) is 79.9 Å². The number of hydrogen-bond acceptors (Lipinski definition) is 4. The van der Waals surface area contributed by atoms with Crippen LogP contribution in [0.1, 0.15) is 129 Å². The molecule has 0 aliphatic carbocycles. The summed E-state index contributed by atoms with van der Waals surface area (Å²) in [6.07, 6.45) is 42.0. The second-order valence-electron chi connectivity index (χ2n) is 11.0. The van der Waals surface area contributed by atoms with Crippen LogP contribution in [0, 0.1) is 0 Å². The molecule has 0 aliphatic rings. The van der Waals surface area contributed by atoms with Gasteiger partial charge in [-0.05, 0) is 64.2 Å². The van der Waals surface area contributed by atoms with Gasteiger partial charge < -0.3 is 10.4 Å². The Morgan fingerprint density at radius 1 is 0.651 bits per heavy atom. The zero-order valence-electron chi connectivity index (χ0n) is 27.0. The maximum Gasteiger partial charge on any atom is 0.267 e. The average Bonchev–Trinajstić information content (AvgIpc) is 2.96. The van der Waals surface area contributed by atoms with E-state index in [1.54, 1.807) is 6.08 Å². The number of amides is 1. The van der Waals surface area contributed by atoms with Gasteiger partial charge >= 0.3 is 0 Å². The van der Waals surface area contributed by atoms with Gasteiger partial charge in [-0.15, -0.1) is 0 Å². The van der Waals surface area contributed by atoms with Crippen molar-refractivity contribution < 1.29 is 22.9 Å². The highest BCUT2D eigenvalue weighted by atomic mass is 32.2. The van der Waals surface area contributed by atoms with Gasteiger partial charge in [0.1, 0.15) is 0 Å². The minimum Gasteiger partial charge on any atom is -0.387 e. The lowest BCUT2D eigenvalue weighted by Crippen LogP contribution is -2.46. The maximum absolute atomic E-state index is 12.4. The van der Waals surface area contributed by atoms with Crippen molar-refractivity contribution in [1.82, 2.24) is 5.32 Å². The van der Waals surface area contributed by atoms with Gasteiger partial charge in [-0.25, -0.2) is 0 Å². The Morgan fingerprint density at radius 3 is 1.72 bits per heavy atom. The number of carbonyl (C=O) groups excluding carboxylic acids is 1. The predicted molar refractivity (Wildman–Crippen MR) is 184 cm³/mol. The Bertz CT molecular complexity index is 947. The number of unbranched alkanes of at least 4 members (excludes halogenated alkanes) is 10. The summed E-state index contributed by atoms with van der Waals surface area (Å²) in [5.74, 6) is -1.03. The molecule has 0 saturated heterocycles. The molecule has 43 heavy (non-hydrogen) atoms. The first-order valence-electron chi connectivity index (χ1n) is 16.6. The monoisotopic (exact) mass is 619 g/mol. The predicted octanol–water partition coefficient (Wildman–Crippen LogP) is 9.12. The zero-order valence-corrected chi connectivity index (χ0v) is 27.9. The molecule has 0 spiro atoms. The van der Waals surface area contributed by atoms with Gasteiger partial charge in [0.05, 0.1) is 17.9 Å². The van der Waals surface area contributed by atoms with E-state index >= 15 is 0 Å². The van der Waals surface area contributed by atoms with Crippen LogP contribution in [0.4, 0.5) is 0 Å². The van der Waals surface area contributed by atoms with Crippen LogP contribution in [0.15, 0.2) is 72.9 Å². The molecule has 3 N–H and O–H groups in total. The third kappa shape index (κ3) is 31.0. The molecule has 0 radical (unpaired) electrons. The van der Waals surface area contributed by atoms with E-state index in [4.69, 9.17) is 0 Å². The summed E-state index contributed by atoms with van der Waals surface area (Å²) >= 11 is 0. The van der Waals surface area contributed by atoms with Crippen molar-refractivity contribution >= 4 is 16.0 Å². The highest BCUT2D eigenvalue weighted by Gasteiger charge is 2.24. The number of aliphatic hydroxyl groups excluding tert-OH is 1. The summed E-state index contributed by atoms with van der Waals surface area (Å²) in [6, 6.07) is -1.08. The summed E-state index contributed by atoms with van der Waals surface area (Å²) in [4.78, 5) is 12.4. The highest BCUT2D eigenvalue weighted by Crippen LogP contribution is 2.12. The van der Waals surface area contributed by atoms with Crippen molar-refractivity contribution in [2.45, 2.75) is 142 Å². The lowest BCUT2D eigenvalue weighted by molar-refractivity contribution is -0.122. The van der Waals surface area contributed by atoms with Gasteiger partial charge in [-0.2, -0.15) is 8.42 Å². The van der Waals surface area contributed by atoms with Gasteiger partial charge in [0.25, 0.3) is 10.1 Å². The van der Waals surface area contributed by atoms with E-state index < -0.39 is 28.0 Å². The minimum absolute atomic E-state index is 0.273. The largest absolute Gasteiger partial charge is 0.387 e. The molecule has 0 saturated carbocycles. The summed E-state index contributed by atoms with van der Waals surface area (Å²) in [5.41, 5.74) is 0. The van der Waals surface area contributed by atoms with Crippen molar-refractivity contribution in [3.8, 4) is 0 Å². The molecule has 0 rings (SSSR count). The summed E-state index contributed by atoms with van der Waals surface area (Å²) in [7, 11) is -4.34. The van der Waals surface area contributed by atoms with Gasteiger partial charge in [0.15, 0.2) is 0 Å². The van der Waals surface area contributed by atoms with E-state index in [9.17, 15) is 22.9 Å². The third-order valence-corrected chi connectivity index (χ3v) is 7.63. The number of allylic oxidation sites excluding steroid dienone is 11. The van der Waals surface area contributed by atoms with Crippen LogP contribution in [0.25, 0.3) is 0 Å². The second-order valence-corrected chi connectivity index (χ2v) is 12.5. The summed E-state index contributed by atoms with van der Waals surface area (Å²) < 4.78 is 32.1. The van der Waals surface area contributed by atoms with Crippen LogP contribution in [0.5, 0.6) is 0 Å².